The van der Waals surface area contributed by atoms with Crippen LogP contribution in [0, 0.1) is 0 Å². The van der Waals surface area contributed by atoms with Crippen molar-refractivity contribution >= 4 is 11.6 Å². The lowest BCUT2D eigenvalue weighted by Crippen LogP contribution is -2.62. The van der Waals surface area contributed by atoms with E-state index in [1.165, 1.54) is 5.56 Å². The molecule has 0 amide bonds. The Balaban J connectivity index is 1.75. The minimum absolute atomic E-state index is 0.0131. The van der Waals surface area contributed by atoms with Crippen LogP contribution in [0.25, 0.3) is 0 Å². The summed E-state index contributed by atoms with van der Waals surface area (Å²) in [5, 5.41) is 4.32. The molecule has 4 rings (SSSR count). The molecule has 3 unspecified atom stereocenters. The average molecular weight is 422 g/mol. The zero-order valence-corrected chi connectivity index (χ0v) is 18.0. The minimum atomic E-state index is -0.330. The van der Waals surface area contributed by atoms with Crippen LogP contribution in [0.2, 0.25) is 5.02 Å². The molecule has 3 aromatic rings. The number of hydrogen-bond donors (Lipinski definition) is 1. The van der Waals surface area contributed by atoms with Crippen LogP contribution in [0.4, 0.5) is 0 Å². The Morgan fingerprint density at radius 1 is 0.933 bits per heavy atom. The van der Waals surface area contributed by atoms with Gasteiger partial charge in [-0.25, -0.2) is 0 Å². The Labute approximate surface area is 184 Å². The zero-order valence-electron chi connectivity index (χ0n) is 17.3. The average Bonchev–Trinajstić information content (AvgIpc) is 2.80. The van der Waals surface area contributed by atoms with Gasteiger partial charge in [0.2, 0.25) is 0 Å². The first-order valence-electron chi connectivity index (χ1n) is 10.6. The Hall–Kier alpha value is -2.49. The molecule has 3 nitrogen and oxygen atoms in total. The van der Waals surface area contributed by atoms with Crippen LogP contribution in [0.1, 0.15) is 25.3 Å². The summed E-state index contributed by atoms with van der Waals surface area (Å²) in [6.07, 6.45) is 1.68. The molecular weight excluding hydrogens is 394 g/mol. The maximum Gasteiger partial charge on any atom is 0.119 e. The molecule has 1 N–H and O–H groups in total. The first kappa shape index (κ1) is 20.8. The highest BCUT2D eigenvalue weighted by molar-refractivity contribution is 6.30. The largest absolute Gasteiger partial charge is 0.489 e. The predicted molar refractivity (Wildman–Crippen MR) is 123 cm³/mol. The van der Waals surface area contributed by atoms with Crippen molar-refractivity contribution in [2.45, 2.75) is 37.4 Å². The molecular formula is C26H28ClNO2. The molecule has 3 aromatic carbocycles. The molecule has 0 bridgehead atoms. The summed E-state index contributed by atoms with van der Waals surface area (Å²) < 4.78 is 13.2. The van der Waals surface area contributed by atoms with Crippen molar-refractivity contribution < 1.29 is 9.47 Å². The van der Waals surface area contributed by atoms with Crippen molar-refractivity contribution in [3.63, 3.8) is 0 Å². The van der Waals surface area contributed by atoms with E-state index in [9.17, 15) is 0 Å². The number of hydrogen-bond acceptors (Lipinski definition) is 3. The molecule has 0 radical (unpaired) electrons. The minimum Gasteiger partial charge on any atom is -0.489 e. The lowest BCUT2D eigenvalue weighted by Gasteiger charge is -2.48. The van der Waals surface area contributed by atoms with Gasteiger partial charge in [-0.15, -0.1) is 0 Å². The summed E-state index contributed by atoms with van der Waals surface area (Å²) in [5.74, 6) is 1.72. The van der Waals surface area contributed by atoms with E-state index in [0.717, 1.165) is 37.4 Å². The van der Waals surface area contributed by atoms with Gasteiger partial charge in [0.05, 0.1) is 5.41 Å². The third-order valence-corrected chi connectivity index (χ3v) is 6.20. The maximum absolute atomic E-state index is 6.62. The summed E-state index contributed by atoms with van der Waals surface area (Å²) in [6, 6.07) is 28.4. The smallest absolute Gasteiger partial charge is 0.119 e. The van der Waals surface area contributed by atoms with Crippen LogP contribution in [0.5, 0.6) is 11.5 Å². The fourth-order valence-electron chi connectivity index (χ4n) is 4.50. The number of nitrogens with one attached hydrogen (secondary N) is 1. The first-order valence-corrected chi connectivity index (χ1v) is 11.0. The molecule has 1 fully saturated rings. The Morgan fingerprint density at radius 2 is 1.60 bits per heavy atom. The van der Waals surface area contributed by atoms with Gasteiger partial charge in [0, 0.05) is 11.6 Å². The number of para-hydroxylation sites is 1. The zero-order chi connectivity index (χ0) is 20.8. The molecule has 1 heterocycles. The lowest BCUT2D eigenvalue weighted by atomic mass is 9.67. The third-order valence-electron chi connectivity index (χ3n) is 5.95. The highest BCUT2D eigenvalue weighted by Crippen LogP contribution is 2.40. The van der Waals surface area contributed by atoms with Crippen molar-refractivity contribution in [1.82, 2.24) is 5.32 Å². The van der Waals surface area contributed by atoms with Crippen LogP contribution < -0.4 is 14.8 Å². The van der Waals surface area contributed by atoms with E-state index in [0.29, 0.717) is 5.02 Å². The molecule has 0 saturated carbocycles. The second-order valence-corrected chi connectivity index (χ2v) is 8.20. The summed E-state index contributed by atoms with van der Waals surface area (Å²) in [7, 11) is 0. The van der Waals surface area contributed by atoms with E-state index in [2.05, 4.69) is 42.6 Å². The number of piperidine rings is 1. The van der Waals surface area contributed by atoms with Gasteiger partial charge in [0.25, 0.3) is 0 Å². The van der Waals surface area contributed by atoms with E-state index in [1.54, 1.807) is 0 Å². The maximum atomic E-state index is 6.62. The highest BCUT2D eigenvalue weighted by atomic mass is 35.5. The van der Waals surface area contributed by atoms with Crippen LogP contribution >= 0.6 is 11.6 Å². The van der Waals surface area contributed by atoms with Crippen molar-refractivity contribution in [3.8, 4) is 11.5 Å². The molecule has 1 aliphatic rings. The van der Waals surface area contributed by atoms with Gasteiger partial charge in [0.15, 0.2) is 0 Å². The van der Waals surface area contributed by atoms with Gasteiger partial charge in [-0.2, -0.15) is 0 Å². The van der Waals surface area contributed by atoms with Gasteiger partial charge in [0.1, 0.15) is 23.7 Å². The van der Waals surface area contributed by atoms with Gasteiger partial charge < -0.3 is 14.8 Å². The third kappa shape index (κ3) is 4.33. The summed E-state index contributed by atoms with van der Waals surface area (Å²) in [4.78, 5) is 0. The van der Waals surface area contributed by atoms with Crippen LogP contribution in [0.3, 0.4) is 0 Å². The molecule has 3 atom stereocenters. The van der Waals surface area contributed by atoms with Crippen LogP contribution in [0.15, 0.2) is 84.9 Å². The predicted octanol–water partition coefficient (Wildman–Crippen LogP) is 5.88. The van der Waals surface area contributed by atoms with E-state index >= 15 is 0 Å². The summed E-state index contributed by atoms with van der Waals surface area (Å²) in [5.41, 5.74) is 0.906. The van der Waals surface area contributed by atoms with Gasteiger partial charge >= 0.3 is 0 Å². The van der Waals surface area contributed by atoms with Crippen molar-refractivity contribution in [1.29, 1.82) is 0 Å². The number of halogens is 1. The fourth-order valence-corrected chi connectivity index (χ4v) is 4.63. The Morgan fingerprint density at radius 3 is 2.27 bits per heavy atom. The monoisotopic (exact) mass is 421 g/mol. The number of benzene rings is 3. The van der Waals surface area contributed by atoms with Crippen LogP contribution in [-0.2, 0) is 5.41 Å². The van der Waals surface area contributed by atoms with E-state index < -0.39 is 0 Å². The van der Waals surface area contributed by atoms with Crippen molar-refractivity contribution in [2.24, 2.45) is 0 Å². The standard InChI is InChI=1S/C26H28ClNO2/c1-2-24(29-23-15-13-21(27)14-16-23)26(20-9-5-3-6-10-20)19-28-18-17-25(26)30-22-11-7-4-8-12-22/h3-16,24-25,28H,2,17-19H2,1H3. The number of rotatable bonds is 7. The first-order chi connectivity index (χ1) is 14.7. The van der Waals surface area contributed by atoms with Crippen molar-refractivity contribution in [2.75, 3.05) is 13.1 Å². The lowest BCUT2D eigenvalue weighted by molar-refractivity contribution is -0.00970. The van der Waals surface area contributed by atoms with Gasteiger partial charge in [-0.05, 0) is 61.3 Å². The second-order valence-electron chi connectivity index (χ2n) is 7.76. The molecule has 0 aliphatic carbocycles. The molecule has 0 spiro atoms. The molecule has 0 aromatic heterocycles. The number of ether oxygens (including phenoxy) is 2. The second kappa shape index (κ2) is 9.55. The SMILES string of the molecule is CCC(Oc1ccc(Cl)cc1)C1(c2ccccc2)CNCCC1Oc1ccccc1. The molecule has 1 saturated heterocycles. The summed E-state index contributed by atoms with van der Waals surface area (Å²) in [6.45, 7) is 3.89. The van der Waals surface area contributed by atoms with Crippen molar-refractivity contribution in [3.05, 3.63) is 95.5 Å². The summed E-state index contributed by atoms with van der Waals surface area (Å²) >= 11 is 6.08. The normalized spacial score (nSPS) is 22.3. The molecule has 156 valence electrons. The quantitative estimate of drug-likeness (QED) is 0.517. The fraction of sp³-hybridized carbons (Fsp3) is 0.308. The Kier molecular flexibility index (Phi) is 6.61. The van der Waals surface area contributed by atoms with E-state index in [4.69, 9.17) is 21.1 Å². The van der Waals surface area contributed by atoms with E-state index in [1.807, 2.05) is 54.6 Å². The topological polar surface area (TPSA) is 30.5 Å². The highest BCUT2D eigenvalue weighted by Gasteiger charge is 2.50. The van der Waals surface area contributed by atoms with Crippen LogP contribution in [-0.4, -0.2) is 25.3 Å². The van der Waals surface area contributed by atoms with Gasteiger partial charge in [-0.3, -0.25) is 0 Å². The molecule has 30 heavy (non-hydrogen) atoms. The molecule has 1 aliphatic heterocycles. The Bertz CT molecular complexity index is 917. The van der Waals surface area contributed by atoms with Gasteiger partial charge in [-0.1, -0.05) is 67.1 Å². The molecule has 4 heteroatoms. The van der Waals surface area contributed by atoms with E-state index in [-0.39, 0.29) is 17.6 Å².